The molecule has 2 N–H and O–H groups in total. The van der Waals surface area contributed by atoms with E-state index in [1.165, 1.54) is 5.69 Å². The van der Waals surface area contributed by atoms with E-state index in [9.17, 15) is 0 Å². The van der Waals surface area contributed by atoms with Gasteiger partial charge in [0.05, 0.1) is 5.69 Å². The molecule has 0 fully saturated rings. The minimum Gasteiger partial charge on any atom is -0.348 e. The average molecular weight is 213 g/mol. The third-order valence-electron chi connectivity index (χ3n) is 2.45. The summed E-state index contributed by atoms with van der Waals surface area (Å²) in [7, 11) is 2.08. The van der Waals surface area contributed by atoms with E-state index in [-0.39, 0.29) is 0 Å². The number of rotatable bonds is 5. The predicted octanol–water partition coefficient (Wildman–Crippen LogP) is 1.88. The summed E-state index contributed by atoms with van der Waals surface area (Å²) < 4.78 is 0. The lowest BCUT2D eigenvalue weighted by molar-refractivity contribution is 0.633. The van der Waals surface area contributed by atoms with E-state index in [2.05, 4.69) is 36.2 Å². The summed E-state index contributed by atoms with van der Waals surface area (Å²) in [4.78, 5) is 6.74. The Morgan fingerprint density at radius 1 is 1.64 bits per heavy atom. The van der Waals surface area contributed by atoms with Crippen molar-refractivity contribution in [3.63, 3.8) is 0 Å². The fourth-order valence-electron chi connectivity index (χ4n) is 1.24. The number of aromatic nitrogens is 1. The minimum absolute atomic E-state index is 0.468. The molecular formula is C10H19N3S. The number of aryl methyl sites for hydroxylation is 1. The maximum Gasteiger partial charge on any atom is 0.185 e. The van der Waals surface area contributed by atoms with Crippen molar-refractivity contribution in [1.82, 2.24) is 4.98 Å². The SMILES string of the molecule is CCc1csc(N(C)C(C)CCN)n1. The number of hydrogen-bond acceptors (Lipinski definition) is 4. The molecule has 1 rings (SSSR count). The molecule has 0 radical (unpaired) electrons. The molecule has 0 aliphatic carbocycles. The molecule has 0 aliphatic rings. The van der Waals surface area contributed by atoms with E-state index in [1.807, 2.05) is 0 Å². The van der Waals surface area contributed by atoms with E-state index >= 15 is 0 Å². The highest BCUT2D eigenvalue weighted by Gasteiger charge is 2.12. The highest BCUT2D eigenvalue weighted by atomic mass is 32.1. The number of hydrogen-bond donors (Lipinski definition) is 1. The number of anilines is 1. The highest BCUT2D eigenvalue weighted by molar-refractivity contribution is 7.13. The van der Waals surface area contributed by atoms with Crippen LogP contribution in [0.5, 0.6) is 0 Å². The van der Waals surface area contributed by atoms with Crippen LogP contribution in [0.2, 0.25) is 0 Å². The zero-order valence-electron chi connectivity index (χ0n) is 9.16. The van der Waals surface area contributed by atoms with Crippen molar-refractivity contribution in [3.8, 4) is 0 Å². The van der Waals surface area contributed by atoms with Crippen LogP contribution in [-0.2, 0) is 6.42 Å². The Labute approximate surface area is 89.9 Å². The van der Waals surface area contributed by atoms with Crippen molar-refractivity contribution in [3.05, 3.63) is 11.1 Å². The molecule has 3 nitrogen and oxygen atoms in total. The molecule has 0 saturated heterocycles. The molecule has 1 heterocycles. The van der Waals surface area contributed by atoms with Gasteiger partial charge in [-0.25, -0.2) is 4.98 Å². The van der Waals surface area contributed by atoms with Gasteiger partial charge in [-0.15, -0.1) is 11.3 Å². The number of thiazole rings is 1. The largest absolute Gasteiger partial charge is 0.348 e. The number of nitrogens with two attached hydrogens (primary N) is 1. The van der Waals surface area contributed by atoms with Gasteiger partial charge in [-0.2, -0.15) is 0 Å². The van der Waals surface area contributed by atoms with Gasteiger partial charge < -0.3 is 10.6 Å². The summed E-state index contributed by atoms with van der Waals surface area (Å²) in [6.07, 6.45) is 2.02. The fraction of sp³-hybridized carbons (Fsp3) is 0.700. The second kappa shape index (κ2) is 5.32. The smallest absolute Gasteiger partial charge is 0.185 e. The Balaban J connectivity index is 2.63. The monoisotopic (exact) mass is 213 g/mol. The van der Waals surface area contributed by atoms with Crippen LogP contribution < -0.4 is 10.6 Å². The van der Waals surface area contributed by atoms with E-state index in [0.29, 0.717) is 6.04 Å². The van der Waals surface area contributed by atoms with Gasteiger partial charge in [-0.1, -0.05) is 6.92 Å². The van der Waals surface area contributed by atoms with Crippen LogP contribution in [0.15, 0.2) is 5.38 Å². The van der Waals surface area contributed by atoms with Crippen molar-refractivity contribution in [2.45, 2.75) is 32.7 Å². The van der Waals surface area contributed by atoms with Gasteiger partial charge in [0.1, 0.15) is 0 Å². The first-order chi connectivity index (χ1) is 6.69. The summed E-state index contributed by atoms with van der Waals surface area (Å²) in [5, 5.41) is 3.23. The molecule has 1 aromatic rings. The van der Waals surface area contributed by atoms with Crippen LogP contribution in [0.1, 0.15) is 26.0 Å². The first kappa shape index (κ1) is 11.5. The predicted molar refractivity (Wildman–Crippen MR) is 63.0 cm³/mol. The lowest BCUT2D eigenvalue weighted by atomic mass is 10.2. The normalized spacial score (nSPS) is 12.9. The average Bonchev–Trinajstić information content (AvgIpc) is 2.65. The van der Waals surface area contributed by atoms with Gasteiger partial charge in [0.25, 0.3) is 0 Å². The minimum atomic E-state index is 0.468. The van der Waals surface area contributed by atoms with Crippen molar-refractivity contribution in [2.24, 2.45) is 5.73 Å². The van der Waals surface area contributed by atoms with Crippen LogP contribution in [0.25, 0.3) is 0 Å². The van der Waals surface area contributed by atoms with Gasteiger partial charge in [0, 0.05) is 18.5 Å². The van der Waals surface area contributed by atoms with Crippen molar-refractivity contribution >= 4 is 16.5 Å². The second-order valence-electron chi connectivity index (χ2n) is 3.51. The lowest BCUT2D eigenvalue weighted by Gasteiger charge is -2.23. The van der Waals surface area contributed by atoms with Crippen LogP contribution in [0, 0.1) is 0 Å². The van der Waals surface area contributed by atoms with Crippen LogP contribution in [0.4, 0.5) is 5.13 Å². The molecule has 80 valence electrons. The quantitative estimate of drug-likeness (QED) is 0.812. The molecule has 0 spiro atoms. The Hall–Kier alpha value is -0.610. The third-order valence-corrected chi connectivity index (χ3v) is 3.43. The molecule has 0 saturated carbocycles. The van der Waals surface area contributed by atoms with E-state index in [4.69, 9.17) is 5.73 Å². The molecular weight excluding hydrogens is 194 g/mol. The van der Waals surface area contributed by atoms with E-state index in [1.54, 1.807) is 11.3 Å². The molecule has 0 aliphatic heterocycles. The Bertz CT molecular complexity index is 272. The standard InChI is InChI=1S/C10H19N3S/c1-4-9-7-14-10(12-9)13(3)8(2)5-6-11/h7-8H,4-6,11H2,1-3H3. The first-order valence-corrected chi connectivity index (χ1v) is 5.94. The molecule has 1 atom stereocenters. The Kier molecular flexibility index (Phi) is 4.35. The summed E-state index contributed by atoms with van der Waals surface area (Å²) >= 11 is 1.71. The zero-order valence-corrected chi connectivity index (χ0v) is 9.97. The molecule has 0 aromatic carbocycles. The van der Waals surface area contributed by atoms with Gasteiger partial charge >= 0.3 is 0 Å². The summed E-state index contributed by atoms with van der Waals surface area (Å²) in [5.41, 5.74) is 6.71. The van der Waals surface area contributed by atoms with Crippen LogP contribution >= 0.6 is 11.3 Å². The topological polar surface area (TPSA) is 42.1 Å². The fourth-order valence-corrected chi connectivity index (χ4v) is 2.22. The summed E-state index contributed by atoms with van der Waals surface area (Å²) in [5.74, 6) is 0. The molecule has 0 amide bonds. The highest BCUT2D eigenvalue weighted by Crippen LogP contribution is 2.21. The second-order valence-corrected chi connectivity index (χ2v) is 4.35. The summed E-state index contributed by atoms with van der Waals surface area (Å²) in [6, 6.07) is 0.468. The van der Waals surface area contributed by atoms with Gasteiger partial charge in [0.15, 0.2) is 5.13 Å². The third kappa shape index (κ3) is 2.69. The Morgan fingerprint density at radius 2 is 2.36 bits per heavy atom. The van der Waals surface area contributed by atoms with Gasteiger partial charge in [-0.05, 0) is 26.3 Å². The Morgan fingerprint density at radius 3 is 2.86 bits per heavy atom. The molecule has 4 heteroatoms. The molecule has 1 unspecified atom stereocenters. The van der Waals surface area contributed by atoms with Crippen molar-refractivity contribution in [2.75, 3.05) is 18.5 Å². The van der Waals surface area contributed by atoms with E-state index in [0.717, 1.165) is 24.5 Å². The lowest BCUT2D eigenvalue weighted by Crippen LogP contribution is -2.30. The zero-order chi connectivity index (χ0) is 10.6. The van der Waals surface area contributed by atoms with E-state index < -0.39 is 0 Å². The maximum atomic E-state index is 5.53. The van der Waals surface area contributed by atoms with Crippen molar-refractivity contribution in [1.29, 1.82) is 0 Å². The molecule has 1 aromatic heterocycles. The van der Waals surface area contributed by atoms with Gasteiger partial charge in [-0.3, -0.25) is 0 Å². The van der Waals surface area contributed by atoms with Crippen molar-refractivity contribution < 1.29 is 0 Å². The summed E-state index contributed by atoms with van der Waals surface area (Å²) in [6.45, 7) is 5.04. The van der Waals surface area contributed by atoms with Gasteiger partial charge in [0.2, 0.25) is 0 Å². The number of nitrogens with zero attached hydrogens (tertiary/aromatic N) is 2. The first-order valence-electron chi connectivity index (χ1n) is 5.06. The van der Waals surface area contributed by atoms with Crippen LogP contribution in [-0.4, -0.2) is 24.6 Å². The molecule has 14 heavy (non-hydrogen) atoms. The maximum absolute atomic E-state index is 5.53. The van der Waals surface area contributed by atoms with Crippen LogP contribution in [0.3, 0.4) is 0 Å². The molecule has 0 bridgehead atoms.